The third kappa shape index (κ3) is 5.42. The van der Waals surface area contributed by atoms with Crippen LogP contribution in [0.15, 0.2) is 4.99 Å². The predicted octanol–water partition coefficient (Wildman–Crippen LogP) is 2.41. The fourth-order valence-corrected chi connectivity index (χ4v) is 1.52. The topological polar surface area (TPSA) is 32.6 Å². The quantitative estimate of drug-likeness (QED) is 0.776. The second-order valence-corrected chi connectivity index (χ2v) is 3.34. The summed E-state index contributed by atoms with van der Waals surface area (Å²) in [6.07, 6.45) is 3.65. The Labute approximate surface area is 114 Å². The van der Waals surface area contributed by atoms with Crippen molar-refractivity contribution in [1.82, 2.24) is 0 Å². The van der Waals surface area contributed by atoms with Gasteiger partial charge in [-0.1, -0.05) is 26.7 Å². The molecular formula is C10H21NOPm. The molecule has 0 fully saturated rings. The molecule has 0 saturated heterocycles. The van der Waals surface area contributed by atoms with Crippen molar-refractivity contribution < 1.29 is 45.5 Å². The minimum atomic E-state index is -0.641. The molecule has 0 spiro atoms. The Bertz CT molecular complexity index is 151. The van der Waals surface area contributed by atoms with Gasteiger partial charge in [-0.05, 0) is 19.8 Å². The van der Waals surface area contributed by atoms with Gasteiger partial charge in [-0.3, -0.25) is 4.99 Å². The smallest absolute Gasteiger partial charge is 0.102 e. The van der Waals surface area contributed by atoms with E-state index in [4.69, 9.17) is 0 Å². The van der Waals surface area contributed by atoms with Crippen LogP contribution in [0.25, 0.3) is 0 Å². The van der Waals surface area contributed by atoms with Crippen LogP contribution >= 0.6 is 0 Å². The van der Waals surface area contributed by atoms with E-state index in [1.807, 2.05) is 6.92 Å². The van der Waals surface area contributed by atoms with E-state index in [9.17, 15) is 5.11 Å². The number of hydrogen-bond donors (Lipinski definition) is 1. The third-order valence-corrected chi connectivity index (χ3v) is 2.34. The normalized spacial score (nSPS) is 12.5. The molecule has 0 aliphatic rings. The van der Waals surface area contributed by atoms with Crippen molar-refractivity contribution in [2.24, 2.45) is 4.99 Å². The molecule has 3 heteroatoms. The van der Waals surface area contributed by atoms with Crippen LogP contribution in [0.1, 0.15) is 46.5 Å². The first-order valence-electron chi connectivity index (χ1n) is 4.77. The van der Waals surface area contributed by atoms with Gasteiger partial charge in [-0.2, -0.15) is 0 Å². The molecule has 0 rings (SSSR count). The van der Waals surface area contributed by atoms with Crippen molar-refractivity contribution in [2.75, 3.05) is 7.05 Å². The largest absolute Gasteiger partial charge is 0.384 e. The van der Waals surface area contributed by atoms with E-state index >= 15 is 0 Å². The van der Waals surface area contributed by atoms with Crippen LogP contribution in [0.3, 0.4) is 0 Å². The zero-order chi connectivity index (χ0) is 9.61. The molecule has 0 heterocycles. The molecule has 0 aliphatic carbocycles. The SMILES string of the molecule is CCCC(O)(CCC)C(C)=NC.[Pm]. The molecule has 0 saturated carbocycles. The minimum absolute atomic E-state index is 0. The maximum absolute atomic E-state index is 10.1. The summed E-state index contributed by atoms with van der Waals surface area (Å²) in [5.74, 6) is 0. The van der Waals surface area contributed by atoms with E-state index in [1.165, 1.54) is 0 Å². The van der Waals surface area contributed by atoms with E-state index in [2.05, 4.69) is 18.8 Å². The van der Waals surface area contributed by atoms with E-state index < -0.39 is 5.60 Å². The third-order valence-electron chi connectivity index (χ3n) is 2.34. The monoisotopic (exact) mass is 316 g/mol. The first-order chi connectivity index (χ1) is 5.60. The second-order valence-electron chi connectivity index (χ2n) is 3.34. The summed E-state index contributed by atoms with van der Waals surface area (Å²) in [6, 6.07) is 0. The minimum Gasteiger partial charge on any atom is -0.384 e. The van der Waals surface area contributed by atoms with Crippen LogP contribution in [0.5, 0.6) is 0 Å². The number of hydrogen-bond acceptors (Lipinski definition) is 2. The summed E-state index contributed by atoms with van der Waals surface area (Å²) in [7, 11) is 1.74. The summed E-state index contributed by atoms with van der Waals surface area (Å²) < 4.78 is 0. The Kier molecular flexibility index (Phi) is 10.5. The van der Waals surface area contributed by atoms with Crippen molar-refractivity contribution in [3.8, 4) is 0 Å². The molecule has 0 aliphatic heterocycles. The molecule has 0 aromatic rings. The molecule has 77 valence electrons. The Balaban J connectivity index is 0. The fraction of sp³-hybridized carbons (Fsp3) is 0.900. The molecule has 0 atom stereocenters. The number of aliphatic hydroxyl groups is 1. The molecular weight excluding hydrogens is 295 g/mol. The van der Waals surface area contributed by atoms with Crippen LogP contribution in [0.4, 0.5) is 0 Å². The average Bonchev–Trinajstić information content (AvgIpc) is 2.04. The van der Waals surface area contributed by atoms with Gasteiger partial charge in [-0.15, -0.1) is 0 Å². The second kappa shape index (κ2) is 8.29. The molecule has 0 unspecified atom stereocenters. The van der Waals surface area contributed by atoms with Crippen molar-refractivity contribution >= 4 is 5.71 Å². The van der Waals surface area contributed by atoms with E-state index in [-0.39, 0.29) is 40.4 Å². The molecule has 2 nitrogen and oxygen atoms in total. The summed E-state index contributed by atoms with van der Waals surface area (Å²) in [5.41, 5.74) is 0.226. The van der Waals surface area contributed by atoms with Gasteiger partial charge in [0.25, 0.3) is 0 Å². The molecule has 1 N–H and O–H groups in total. The van der Waals surface area contributed by atoms with Crippen molar-refractivity contribution in [3.05, 3.63) is 0 Å². The predicted molar refractivity (Wildman–Crippen MR) is 53.8 cm³/mol. The van der Waals surface area contributed by atoms with Crippen LogP contribution in [0, 0.1) is 40.4 Å². The molecule has 0 amide bonds. The van der Waals surface area contributed by atoms with Gasteiger partial charge < -0.3 is 5.11 Å². The number of rotatable bonds is 5. The molecule has 13 heavy (non-hydrogen) atoms. The summed E-state index contributed by atoms with van der Waals surface area (Å²) in [6.45, 7) is 6.08. The standard InChI is InChI=1S/C10H21NO.Pm/c1-5-7-10(12,8-6-2)9(3)11-4;/h12H,5-8H2,1-4H3;. The van der Waals surface area contributed by atoms with Crippen LogP contribution < -0.4 is 0 Å². The first kappa shape index (κ1) is 16.4. The first-order valence-corrected chi connectivity index (χ1v) is 4.77. The molecule has 0 aromatic heterocycles. The van der Waals surface area contributed by atoms with E-state index in [0.29, 0.717) is 0 Å². The maximum Gasteiger partial charge on any atom is 0.102 e. The van der Waals surface area contributed by atoms with Gasteiger partial charge in [0.15, 0.2) is 0 Å². The van der Waals surface area contributed by atoms with Gasteiger partial charge in [-0.25, -0.2) is 0 Å². The Hall–Kier alpha value is 0.968. The van der Waals surface area contributed by atoms with Gasteiger partial charge >= 0.3 is 0 Å². The van der Waals surface area contributed by atoms with Crippen molar-refractivity contribution in [2.45, 2.75) is 52.1 Å². The van der Waals surface area contributed by atoms with Crippen molar-refractivity contribution in [1.29, 1.82) is 0 Å². The maximum atomic E-state index is 10.1. The molecule has 0 bridgehead atoms. The fourth-order valence-electron chi connectivity index (χ4n) is 1.52. The zero-order valence-electron chi connectivity index (χ0n) is 9.17. The van der Waals surface area contributed by atoms with Crippen LogP contribution in [0.2, 0.25) is 0 Å². The summed E-state index contributed by atoms with van der Waals surface area (Å²) >= 11 is 0. The van der Waals surface area contributed by atoms with Gasteiger partial charge in [0.2, 0.25) is 0 Å². The van der Waals surface area contributed by atoms with Crippen molar-refractivity contribution in [3.63, 3.8) is 0 Å². The van der Waals surface area contributed by atoms with Crippen LogP contribution in [-0.2, 0) is 0 Å². The summed E-state index contributed by atoms with van der Waals surface area (Å²) in [5, 5.41) is 10.1. The average molecular weight is 316 g/mol. The molecule has 1 radical (unpaired) electrons. The van der Waals surface area contributed by atoms with Gasteiger partial charge in [0.05, 0.1) is 0 Å². The van der Waals surface area contributed by atoms with E-state index in [1.54, 1.807) is 7.05 Å². The Morgan fingerprint density at radius 1 is 1.23 bits per heavy atom. The van der Waals surface area contributed by atoms with E-state index in [0.717, 1.165) is 31.4 Å². The Morgan fingerprint density at radius 2 is 1.62 bits per heavy atom. The zero-order valence-corrected chi connectivity index (χ0v) is 12.0. The molecule has 0 aromatic carbocycles. The van der Waals surface area contributed by atoms with Crippen LogP contribution in [-0.4, -0.2) is 23.5 Å². The summed E-state index contributed by atoms with van der Waals surface area (Å²) in [4.78, 5) is 4.06. The van der Waals surface area contributed by atoms with Gasteiger partial charge in [0.1, 0.15) is 5.60 Å². The number of nitrogens with zero attached hydrogens (tertiary/aromatic N) is 1. The number of aliphatic imine (C=N–C) groups is 1. The van der Waals surface area contributed by atoms with Gasteiger partial charge in [0, 0.05) is 53.1 Å². The Morgan fingerprint density at radius 3 is 1.85 bits per heavy atom.